The van der Waals surface area contributed by atoms with Gasteiger partial charge in [-0.05, 0) is 55.1 Å². The lowest BCUT2D eigenvalue weighted by atomic mass is 10.1. The van der Waals surface area contributed by atoms with E-state index in [0.29, 0.717) is 16.9 Å². The van der Waals surface area contributed by atoms with Gasteiger partial charge in [-0.25, -0.2) is 0 Å². The van der Waals surface area contributed by atoms with Crippen molar-refractivity contribution in [1.82, 2.24) is 19.8 Å². The van der Waals surface area contributed by atoms with Crippen LogP contribution in [-0.4, -0.2) is 53.1 Å². The fourth-order valence-electron chi connectivity index (χ4n) is 4.41. The van der Waals surface area contributed by atoms with Crippen LogP contribution in [0.3, 0.4) is 0 Å². The molecule has 0 radical (unpaired) electrons. The molecule has 2 aliphatic heterocycles. The number of hydrogen-bond donors (Lipinski definition) is 2. The normalized spacial score (nSPS) is 21.3. The minimum absolute atomic E-state index is 0.0494. The number of aryl methyl sites for hydroxylation is 1. The van der Waals surface area contributed by atoms with Crippen LogP contribution in [0, 0.1) is 5.92 Å². The van der Waals surface area contributed by atoms with Crippen molar-refractivity contribution in [3.8, 4) is 0 Å². The Morgan fingerprint density at radius 1 is 1.48 bits per heavy atom. The number of nitrogens with zero attached hydrogens (tertiary/aromatic N) is 3. The molecule has 2 saturated heterocycles. The first-order chi connectivity index (χ1) is 16.0. The predicted molar refractivity (Wildman–Crippen MR) is 136 cm³/mol. The number of rotatable bonds is 8. The zero-order chi connectivity index (χ0) is 23.4. The van der Waals surface area contributed by atoms with Gasteiger partial charge in [-0.15, -0.1) is 0 Å². The van der Waals surface area contributed by atoms with Crippen LogP contribution in [0.1, 0.15) is 12.0 Å². The van der Waals surface area contributed by atoms with E-state index in [1.165, 1.54) is 6.20 Å². The SMILES string of the molecule is C=C(/C=C1/SCO/C1=C/N)CNC[C@H]1CCN(CCc2c(Cl)cnc3ccc(=O)n(C)c23)C1. The molecule has 0 amide bonds. The Morgan fingerprint density at radius 2 is 2.33 bits per heavy atom. The van der Waals surface area contributed by atoms with E-state index < -0.39 is 0 Å². The highest BCUT2D eigenvalue weighted by Gasteiger charge is 2.23. The summed E-state index contributed by atoms with van der Waals surface area (Å²) in [6.07, 6.45) is 7.18. The number of nitrogens with one attached hydrogen (secondary N) is 1. The summed E-state index contributed by atoms with van der Waals surface area (Å²) in [5.41, 5.74) is 9.18. The van der Waals surface area contributed by atoms with Crippen LogP contribution in [0.4, 0.5) is 0 Å². The summed E-state index contributed by atoms with van der Waals surface area (Å²) in [5, 5.41) is 4.15. The van der Waals surface area contributed by atoms with Crippen molar-refractivity contribution in [2.75, 3.05) is 38.7 Å². The van der Waals surface area contributed by atoms with Crippen molar-refractivity contribution in [2.24, 2.45) is 18.7 Å². The number of nitrogens with two attached hydrogens (primary N) is 1. The Kier molecular flexibility index (Phi) is 7.80. The molecule has 0 aliphatic carbocycles. The lowest BCUT2D eigenvalue weighted by Crippen LogP contribution is -2.28. The van der Waals surface area contributed by atoms with Gasteiger partial charge in [-0.2, -0.15) is 0 Å². The average molecular weight is 488 g/mol. The topological polar surface area (TPSA) is 85.4 Å². The quantitative estimate of drug-likeness (QED) is 0.592. The van der Waals surface area contributed by atoms with E-state index in [1.807, 2.05) is 6.08 Å². The van der Waals surface area contributed by atoms with Crippen LogP contribution < -0.4 is 16.6 Å². The molecule has 2 aromatic heterocycles. The van der Waals surface area contributed by atoms with Gasteiger partial charge in [-0.1, -0.05) is 29.9 Å². The third kappa shape index (κ3) is 5.63. The highest BCUT2D eigenvalue weighted by molar-refractivity contribution is 8.03. The lowest BCUT2D eigenvalue weighted by molar-refractivity contribution is 0.296. The van der Waals surface area contributed by atoms with Crippen molar-refractivity contribution in [3.63, 3.8) is 0 Å². The second kappa shape index (κ2) is 10.8. The zero-order valence-corrected chi connectivity index (χ0v) is 20.4. The Hall–Kier alpha value is -2.26. The average Bonchev–Trinajstić information content (AvgIpc) is 3.44. The third-order valence-electron chi connectivity index (χ3n) is 6.17. The maximum Gasteiger partial charge on any atom is 0.250 e. The molecule has 1 atom stereocenters. The van der Waals surface area contributed by atoms with Crippen molar-refractivity contribution < 1.29 is 4.74 Å². The molecule has 4 rings (SSSR count). The maximum atomic E-state index is 12.1. The van der Waals surface area contributed by atoms with Gasteiger partial charge in [0.2, 0.25) is 0 Å². The monoisotopic (exact) mass is 487 g/mol. The minimum Gasteiger partial charge on any atom is -0.480 e. The number of likely N-dealkylation sites (tertiary alicyclic amines) is 1. The van der Waals surface area contributed by atoms with E-state index in [4.69, 9.17) is 22.1 Å². The fourth-order valence-corrected chi connectivity index (χ4v) is 5.47. The Balaban J connectivity index is 1.27. The Bertz CT molecular complexity index is 1160. The summed E-state index contributed by atoms with van der Waals surface area (Å²) >= 11 is 8.11. The van der Waals surface area contributed by atoms with Crippen LogP contribution >= 0.6 is 23.4 Å². The van der Waals surface area contributed by atoms with Gasteiger partial charge < -0.3 is 25.3 Å². The smallest absolute Gasteiger partial charge is 0.250 e. The molecule has 0 aromatic carbocycles. The molecule has 0 saturated carbocycles. The first-order valence-electron chi connectivity index (χ1n) is 11.1. The molecular weight excluding hydrogens is 458 g/mol. The van der Waals surface area contributed by atoms with E-state index in [-0.39, 0.29) is 5.56 Å². The van der Waals surface area contributed by atoms with E-state index >= 15 is 0 Å². The summed E-state index contributed by atoms with van der Waals surface area (Å²) in [6, 6.07) is 3.31. The molecule has 0 bridgehead atoms. The molecule has 4 heterocycles. The molecule has 2 aromatic rings. The maximum absolute atomic E-state index is 12.1. The van der Waals surface area contributed by atoms with E-state index in [1.54, 1.807) is 41.7 Å². The summed E-state index contributed by atoms with van der Waals surface area (Å²) < 4.78 is 7.09. The van der Waals surface area contributed by atoms with E-state index in [9.17, 15) is 4.79 Å². The van der Waals surface area contributed by atoms with Gasteiger partial charge in [0.1, 0.15) is 11.7 Å². The van der Waals surface area contributed by atoms with Gasteiger partial charge in [0.05, 0.1) is 21.0 Å². The number of hydrogen-bond acceptors (Lipinski definition) is 7. The Morgan fingerprint density at radius 3 is 3.15 bits per heavy atom. The number of thioether (sulfide) groups is 1. The summed E-state index contributed by atoms with van der Waals surface area (Å²) in [4.78, 5) is 20.0. The van der Waals surface area contributed by atoms with E-state index in [2.05, 4.69) is 21.8 Å². The van der Waals surface area contributed by atoms with Crippen LogP contribution in [0.5, 0.6) is 0 Å². The second-order valence-corrected chi connectivity index (χ2v) is 9.86. The number of ether oxygens (including phenoxy) is 1. The molecule has 2 aliphatic rings. The highest BCUT2D eigenvalue weighted by Crippen LogP contribution is 2.33. The molecule has 2 fully saturated rings. The Labute approximate surface area is 203 Å². The number of aromatic nitrogens is 2. The standard InChI is InChI=1S/C24H30ClN5O2S/c1-16(9-22-21(10-26)32-15-33-22)11-27-12-17-5-7-30(14-17)8-6-18-19(25)13-28-20-3-4-23(31)29(2)24(18)20/h3-4,9-10,13,17,27H,1,5-8,11-12,14-15,26H2,2H3/b21-10+,22-9+/t17-/m1/s1. The van der Waals surface area contributed by atoms with Gasteiger partial charge in [0.15, 0.2) is 0 Å². The fraction of sp³-hybridized carbons (Fsp3) is 0.417. The second-order valence-electron chi connectivity index (χ2n) is 8.49. The summed E-state index contributed by atoms with van der Waals surface area (Å²) in [7, 11) is 1.78. The molecule has 0 unspecified atom stereocenters. The van der Waals surface area contributed by atoms with Crippen LogP contribution in [0.25, 0.3) is 11.0 Å². The van der Waals surface area contributed by atoms with Gasteiger partial charge in [-0.3, -0.25) is 9.78 Å². The lowest BCUT2D eigenvalue weighted by Gasteiger charge is -2.18. The molecule has 9 heteroatoms. The van der Waals surface area contributed by atoms with Crippen LogP contribution in [0.2, 0.25) is 5.02 Å². The van der Waals surface area contributed by atoms with Gasteiger partial charge in [0, 0.05) is 45.1 Å². The predicted octanol–water partition coefficient (Wildman–Crippen LogP) is 3.00. The van der Waals surface area contributed by atoms with Crippen molar-refractivity contribution >= 4 is 34.4 Å². The van der Waals surface area contributed by atoms with Crippen molar-refractivity contribution in [2.45, 2.75) is 12.8 Å². The zero-order valence-electron chi connectivity index (χ0n) is 18.8. The first kappa shape index (κ1) is 23.9. The first-order valence-corrected chi connectivity index (χ1v) is 12.5. The van der Waals surface area contributed by atoms with Crippen LogP contribution in [0.15, 0.2) is 58.2 Å². The number of halogens is 1. The largest absolute Gasteiger partial charge is 0.480 e. The molecular formula is C24H30ClN5O2S. The number of pyridine rings is 2. The van der Waals surface area contributed by atoms with Gasteiger partial charge >= 0.3 is 0 Å². The summed E-state index contributed by atoms with van der Waals surface area (Å²) in [6.45, 7) is 8.86. The van der Waals surface area contributed by atoms with Crippen molar-refractivity contribution in [3.05, 3.63) is 74.4 Å². The summed E-state index contributed by atoms with van der Waals surface area (Å²) in [5.74, 6) is 1.93. The highest BCUT2D eigenvalue weighted by atomic mass is 35.5. The molecule has 0 spiro atoms. The van der Waals surface area contributed by atoms with Crippen LogP contribution in [-0.2, 0) is 18.2 Å². The molecule has 3 N–H and O–H groups in total. The minimum atomic E-state index is -0.0494. The molecule has 33 heavy (non-hydrogen) atoms. The van der Waals surface area contributed by atoms with Gasteiger partial charge in [0.25, 0.3) is 5.56 Å². The molecule has 7 nitrogen and oxygen atoms in total. The van der Waals surface area contributed by atoms with Crippen molar-refractivity contribution in [1.29, 1.82) is 0 Å². The number of fused-ring (bicyclic) bond motifs is 1. The van der Waals surface area contributed by atoms with E-state index in [0.717, 1.165) is 78.4 Å². The molecule has 176 valence electrons. The third-order valence-corrected chi connectivity index (χ3v) is 7.37.